The highest BCUT2D eigenvalue weighted by Gasteiger charge is 2.84. The fraction of sp³-hybridized carbons (Fsp3) is 0.375. The van der Waals surface area contributed by atoms with Crippen molar-refractivity contribution in [2.24, 2.45) is 29.1 Å². The quantitative estimate of drug-likeness (QED) is 0.189. The number of fused-ring (bicyclic) bond motifs is 9. The monoisotopic (exact) mass is 637 g/mol. The molecule has 49 heavy (non-hydrogen) atoms. The van der Waals surface area contributed by atoms with E-state index in [1.165, 1.54) is 89.0 Å². The van der Waals surface area contributed by atoms with Gasteiger partial charge in [0.05, 0.1) is 5.69 Å². The van der Waals surface area contributed by atoms with Crippen LogP contribution in [0.25, 0.3) is 22.3 Å². The molecule has 5 aromatic carbocycles. The number of hydrogen-bond acceptors (Lipinski definition) is 1. The maximum atomic E-state index is 2.60. The zero-order valence-electron chi connectivity index (χ0n) is 29.5. The first-order chi connectivity index (χ1) is 23.7. The van der Waals surface area contributed by atoms with Gasteiger partial charge in [0, 0.05) is 16.8 Å². The second-order valence-corrected chi connectivity index (χ2v) is 18.1. The fourth-order valence-corrected chi connectivity index (χ4v) is 13.2. The van der Waals surface area contributed by atoms with Crippen LogP contribution in [0, 0.1) is 29.1 Å². The number of anilines is 3. The topological polar surface area (TPSA) is 3.24 Å². The Morgan fingerprint density at radius 1 is 0.551 bits per heavy atom. The molecular weight excluding hydrogens is 591 g/mol. The van der Waals surface area contributed by atoms with Gasteiger partial charge in [-0.15, -0.1) is 0 Å². The Morgan fingerprint density at radius 2 is 1.24 bits per heavy atom. The van der Waals surface area contributed by atoms with Crippen molar-refractivity contribution in [1.29, 1.82) is 0 Å². The second kappa shape index (κ2) is 9.36. The van der Waals surface area contributed by atoms with Crippen molar-refractivity contribution in [2.75, 3.05) is 4.90 Å². The van der Waals surface area contributed by atoms with E-state index in [4.69, 9.17) is 0 Å². The molecule has 0 amide bonds. The van der Waals surface area contributed by atoms with Crippen molar-refractivity contribution in [1.82, 2.24) is 0 Å². The Balaban J connectivity index is 1.14. The first-order valence-electron chi connectivity index (χ1n) is 19.1. The van der Waals surface area contributed by atoms with Crippen LogP contribution in [0.4, 0.5) is 17.1 Å². The van der Waals surface area contributed by atoms with Gasteiger partial charge in [-0.3, -0.25) is 0 Å². The lowest BCUT2D eigenvalue weighted by atomic mass is 9.27. The van der Waals surface area contributed by atoms with Gasteiger partial charge < -0.3 is 4.90 Å². The normalized spacial score (nSPS) is 31.3. The van der Waals surface area contributed by atoms with E-state index in [0.29, 0.717) is 5.41 Å². The summed E-state index contributed by atoms with van der Waals surface area (Å²) in [4.78, 5) is 2.59. The van der Waals surface area contributed by atoms with E-state index < -0.39 is 0 Å². The summed E-state index contributed by atoms with van der Waals surface area (Å²) in [6.45, 7) is 9.82. The van der Waals surface area contributed by atoms with Gasteiger partial charge >= 0.3 is 0 Å². The van der Waals surface area contributed by atoms with Crippen LogP contribution in [-0.4, -0.2) is 0 Å². The number of nitrogens with zero attached hydrogens (tertiary/aromatic N) is 1. The molecule has 1 nitrogen and oxygen atoms in total. The van der Waals surface area contributed by atoms with Gasteiger partial charge in [-0.25, -0.2) is 0 Å². The van der Waals surface area contributed by atoms with Gasteiger partial charge in [0.2, 0.25) is 0 Å². The summed E-state index contributed by atoms with van der Waals surface area (Å²) >= 11 is 0. The van der Waals surface area contributed by atoms with Gasteiger partial charge in [-0.1, -0.05) is 107 Å². The van der Waals surface area contributed by atoms with Gasteiger partial charge in [-0.2, -0.15) is 0 Å². The molecule has 6 aliphatic carbocycles. The molecule has 0 aliphatic heterocycles. The van der Waals surface area contributed by atoms with Crippen LogP contribution in [0.1, 0.15) is 88.5 Å². The van der Waals surface area contributed by atoms with Crippen molar-refractivity contribution in [3.63, 3.8) is 0 Å². The summed E-state index contributed by atoms with van der Waals surface area (Å²) in [5.41, 5.74) is 16.8. The average molecular weight is 638 g/mol. The highest BCUT2D eigenvalue weighted by Crippen LogP contribution is 2.89. The molecular formula is C48H47N. The third-order valence-electron chi connectivity index (χ3n) is 15.2. The minimum atomic E-state index is 0.0925. The Morgan fingerprint density at radius 3 is 2.02 bits per heavy atom. The van der Waals surface area contributed by atoms with Gasteiger partial charge in [-0.05, 0) is 159 Å². The van der Waals surface area contributed by atoms with Crippen molar-refractivity contribution in [3.8, 4) is 22.3 Å². The van der Waals surface area contributed by atoms with Gasteiger partial charge in [0.1, 0.15) is 0 Å². The van der Waals surface area contributed by atoms with Crippen LogP contribution in [0.15, 0.2) is 115 Å². The summed E-state index contributed by atoms with van der Waals surface area (Å²) in [5, 5.41) is 0. The smallest absolute Gasteiger partial charge is 0.0502 e. The summed E-state index contributed by atoms with van der Waals surface area (Å²) in [6, 6.07) is 44.5. The molecule has 6 aliphatic rings. The molecule has 0 heterocycles. The Kier molecular flexibility index (Phi) is 5.49. The van der Waals surface area contributed by atoms with E-state index in [1.54, 1.807) is 11.1 Å². The van der Waals surface area contributed by atoms with E-state index in [0.717, 1.165) is 23.7 Å². The van der Waals surface area contributed by atoms with Gasteiger partial charge in [0.25, 0.3) is 0 Å². The van der Waals surface area contributed by atoms with Crippen molar-refractivity contribution >= 4 is 17.1 Å². The summed E-state index contributed by atoms with van der Waals surface area (Å²) in [6.07, 6.45) is 8.30. The van der Waals surface area contributed by atoms with Gasteiger partial charge in [0.15, 0.2) is 0 Å². The number of rotatable bonds is 4. The molecule has 11 rings (SSSR count). The van der Waals surface area contributed by atoms with Crippen LogP contribution >= 0.6 is 0 Å². The third kappa shape index (κ3) is 3.43. The predicted molar refractivity (Wildman–Crippen MR) is 203 cm³/mol. The molecule has 0 saturated heterocycles. The predicted octanol–water partition coefficient (Wildman–Crippen LogP) is 12.5. The molecule has 0 N–H and O–H groups in total. The average Bonchev–Trinajstić information content (AvgIpc) is 3.74. The molecule has 5 aromatic rings. The lowest BCUT2D eigenvalue weighted by Gasteiger charge is -2.76. The largest absolute Gasteiger partial charge is 0.310 e. The number of para-hydroxylation sites is 1. The fourth-order valence-electron chi connectivity index (χ4n) is 13.2. The van der Waals surface area contributed by atoms with E-state index in [2.05, 4.69) is 148 Å². The van der Waals surface area contributed by atoms with Crippen LogP contribution in [0.2, 0.25) is 0 Å². The van der Waals surface area contributed by atoms with Crippen LogP contribution in [-0.2, 0) is 16.2 Å². The summed E-state index contributed by atoms with van der Waals surface area (Å²) in [5.74, 6) is 3.57. The molecule has 2 spiro atoms. The summed E-state index contributed by atoms with van der Waals surface area (Å²) in [7, 11) is 0. The van der Waals surface area contributed by atoms with E-state index in [1.807, 2.05) is 0 Å². The first kappa shape index (κ1) is 28.7. The first-order valence-corrected chi connectivity index (χ1v) is 19.1. The minimum Gasteiger partial charge on any atom is -0.310 e. The molecule has 244 valence electrons. The second-order valence-electron chi connectivity index (χ2n) is 18.1. The maximum Gasteiger partial charge on any atom is 0.0502 e. The van der Waals surface area contributed by atoms with E-state index >= 15 is 0 Å². The molecule has 0 aromatic heterocycles. The number of hydrogen-bond donors (Lipinski definition) is 0. The SMILES string of the molecule is CC1(C)CCC(C)(C)c2c(N(c3ccccc3)c3ccc4c(c3)-c3cc(-c5ccccc5)ccc3C43C4CC5CC6CC3C64C5)cccc21. The van der Waals surface area contributed by atoms with E-state index in [9.17, 15) is 0 Å². The van der Waals surface area contributed by atoms with Crippen molar-refractivity contribution in [3.05, 3.63) is 138 Å². The van der Waals surface area contributed by atoms with Crippen molar-refractivity contribution < 1.29 is 0 Å². The standard InChI is InChI=1S/C48H47N/c1-45(2)22-23-46(3,4)44-40(45)16-11-17-41(44)49(34-14-9-6-10-15-34)35-19-21-39-37(28-35)36-26-32(31-12-7-5-8-13-31)18-20-38(36)48(39)42-25-30-24-33-27-43(48)47(33,42)29-30/h5-21,26,28,30,33,42-43H,22-25,27,29H2,1-4H3. The van der Waals surface area contributed by atoms with Crippen LogP contribution < -0.4 is 4.90 Å². The molecule has 6 unspecified atom stereocenters. The molecule has 0 radical (unpaired) electrons. The lowest BCUT2D eigenvalue weighted by Crippen LogP contribution is -2.73. The van der Waals surface area contributed by atoms with Crippen LogP contribution in [0.5, 0.6) is 0 Å². The zero-order chi connectivity index (χ0) is 32.9. The summed E-state index contributed by atoms with van der Waals surface area (Å²) < 4.78 is 0. The molecule has 6 atom stereocenters. The maximum absolute atomic E-state index is 2.60. The Labute approximate surface area is 292 Å². The van der Waals surface area contributed by atoms with Crippen LogP contribution in [0.3, 0.4) is 0 Å². The molecule has 4 saturated carbocycles. The minimum absolute atomic E-state index is 0.0925. The molecule has 1 heteroatoms. The van der Waals surface area contributed by atoms with Crippen molar-refractivity contribution in [2.45, 2.75) is 82.5 Å². The Bertz CT molecular complexity index is 2170. The Hall–Kier alpha value is -4.10. The third-order valence-corrected chi connectivity index (χ3v) is 15.2. The molecule has 2 bridgehead atoms. The number of benzene rings is 5. The molecule has 4 fully saturated rings. The highest BCUT2D eigenvalue weighted by atomic mass is 15.1. The zero-order valence-corrected chi connectivity index (χ0v) is 29.5. The lowest BCUT2D eigenvalue weighted by molar-refractivity contribution is -0.231. The highest BCUT2D eigenvalue weighted by molar-refractivity contribution is 5.91. The van der Waals surface area contributed by atoms with E-state index in [-0.39, 0.29) is 16.2 Å².